The van der Waals surface area contributed by atoms with Gasteiger partial charge in [-0.25, -0.2) is 13.2 Å². The number of methoxy groups -OCH3 is 1. The van der Waals surface area contributed by atoms with Crippen molar-refractivity contribution >= 4 is 11.6 Å². The van der Waals surface area contributed by atoms with Gasteiger partial charge in [0.1, 0.15) is 24.1 Å². The van der Waals surface area contributed by atoms with Gasteiger partial charge in [0.2, 0.25) is 5.91 Å². The SMILES string of the molecule is COCC(=O)N(Cc1ccc(F)cc1F)C[C@H]1CC(c2ccccc2F)=NO1. The second-order valence-electron chi connectivity index (χ2n) is 6.39. The summed E-state index contributed by atoms with van der Waals surface area (Å²) >= 11 is 0. The third-order valence-corrected chi connectivity index (χ3v) is 4.34. The zero-order chi connectivity index (χ0) is 20.1. The predicted molar refractivity (Wildman–Crippen MR) is 96.1 cm³/mol. The van der Waals surface area contributed by atoms with Crippen LogP contribution in [0.4, 0.5) is 13.2 Å². The lowest BCUT2D eigenvalue weighted by Gasteiger charge is -2.25. The minimum Gasteiger partial charge on any atom is -0.390 e. The van der Waals surface area contributed by atoms with Crippen molar-refractivity contribution in [1.82, 2.24) is 4.90 Å². The zero-order valence-corrected chi connectivity index (χ0v) is 15.2. The highest BCUT2D eigenvalue weighted by atomic mass is 19.1. The number of hydrogen-bond donors (Lipinski definition) is 0. The molecule has 8 heteroatoms. The lowest BCUT2D eigenvalue weighted by molar-refractivity contribution is -0.137. The molecule has 1 heterocycles. The predicted octanol–water partition coefficient (Wildman–Crippen LogP) is 3.27. The van der Waals surface area contributed by atoms with E-state index in [9.17, 15) is 18.0 Å². The number of carbonyl (C=O) groups excluding carboxylic acids is 1. The fourth-order valence-corrected chi connectivity index (χ4v) is 2.95. The van der Waals surface area contributed by atoms with E-state index in [1.54, 1.807) is 18.2 Å². The van der Waals surface area contributed by atoms with Crippen molar-refractivity contribution in [2.75, 3.05) is 20.3 Å². The number of carbonyl (C=O) groups is 1. The summed E-state index contributed by atoms with van der Waals surface area (Å²) in [5, 5.41) is 3.93. The van der Waals surface area contributed by atoms with Crippen LogP contribution in [0.25, 0.3) is 0 Å². The zero-order valence-electron chi connectivity index (χ0n) is 15.2. The number of hydrogen-bond acceptors (Lipinski definition) is 4. The van der Waals surface area contributed by atoms with E-state index < -0.39 is 23.6 Å². The van der Waals surface area contributed by atoms with Crippen molar-refractivity contribution < 1.29 is 27.5 Å². The van der Waals surface area contributed by atoms with Gasteiger partial charge in [-0.15, -0.1) is 0 Å². The first-order valence-electron chi connectivity index (χ1n) is 8.66. The third-order valence-electron chi connectivity index (χ3n) is 4.34. The Morgan fingerprint density at radius 2 is 2.00 bits per heavy atom. The number of nitrogens with zero attached hydrogens (tertiary/aromatic N) is 2. The minimum atomic E-state index is -0.745. The van der Waals surface area contributed by atoms with E-state index in [1.165, 1.54) is 24.1 Å². The minimum absolute atomic E-state index is 0.0802. The quantitative estimate of drug-likeness (QED) is 0.727. The van der Waals surface area contributed by atoms with Gasteiger partial charge in [0.05, 0.1) is 12.3 Å². The molecule has 1 aliphatic rings. The molecule has 0 radical (unpaired) electrons. The molecule has 3 rings (SSSR count). The highest BCUT2D eigenvalue weighted by Crippen LogP contribution is 2.21. The Labute approximate surface area is 160 Å². The maximum Gasteiger partial charge on any atom is 0.248 e. The molecule has 148 valence electrons. The van der Waals surface area contributed by atoms with Gasteiger partial charge in [-0.05, 0) is 12.1 Å². The van der Waals surface area contributed by atoms with Crippen LogP contribution in [0.5, 0.6) is 0 Å². The number of benzene rings is 2. The molecular weight excluding hydrogens is 373 g/mol. The lowest BCUT2D eigenvalue weighted by Crippen LogP contribution is -2.39. The van der Waals surface area contributed by atoms with Gasteiger partial charge in [0, 0.05) is 37.3 Å². The molecule has 1 atom stereocenters. The highest BCUT2D eigenvalue weighted by molar-refractivity contribution is 6.01. The average Bonchev–Trinajstić information content (AvgIpc) is 3.12. The Morgan fingerprint density at radius 3 is 2.71 bits per heavy atom. The molecule has 28 heavy (non-hydrogen) atoms. The van der Waals surface area contributed by atoms with Crippen molar-refractivity contribution in [2.45, 2.75) is 19.1 Å². The van der Waals surface area contributed by atoms with Gasteiger partial charge in [0.15, 0.2) is 6.10 Å². The van der Waals surface area contributed by atoms with Crippen LogP contribution in [-0.2, 0) is 20.9 Å². The molecule has 0 N–H and O–H groups in total. The van der Waals surface area contributed by atoms with E-state index in [0.29, 0.717) is 17.7 Å². The first kappa shape index (κ1) is 19.9. The van der Waals surface area contributed by atoms with Gasteiger partial charge < -0.3 is 14.5 Å². The summed E-state index contributed by atoms with van der Waals surface area (Å²) < 4.78 is 45.9. The van der Waals surface area contributed by atoms with Gasteiger partial charge in [-0.1, -0.05) is 29.4 Å². The first-order valence-corrected chi connectivity index (χ1v) is 8.66. The lowest BCUT2D eigenvalue weighted by atomic mass is 10.0. The number of halogens is 3. The molecule has 2 aromatic carbocycles. The maximum absolute atomic E-state index is 14.0. The van der Waals surface area contributed by atoms with Crippen LogP contribution in [0.1, 0.15) is 17.5 Å². The van der Waals surface area contributed by atoms with Crippen LogP contribution < -0.4 is 0 Å². The molecule has 1 aliphatic heterocycles. The molecule has 0 fully saturated rings. The Hall–Kier alpha value is -2.87. The Morgan fingerprint density at radius 1 is 1.21 bits per heavy atom. The summed E-state index contributed by atoms with van der Waals surface area (Å²) in [5.74, 6) is -2.23. The molecule has 0 bridgehead atoms. The van der Waals surface area contributed by atoms with Gasteiger partial charge in [-0.3, -0.25) is 4.79 Å². The van der Waals surface area contributed by atoms with Crippen LogP contribution in [0, 0.1) is 17.5 Å². The molecule has 0 aliphatic carbocycles. The van der Waals surface area contributed by atoms with Gasteiger partial charge >= 0.3 is 0 Å². The standard InChI is InChI=1S/C20H19F3N2O3/c1-27-12-20(26)25(10-13-6-7-14(21)8-18(13)23)11-15-9-19(24-28-15)16-4-2-3-5-17(16)22/h2-8,15H,9-12H2,1H3/t15-/m1/s1. The van der Waals surface area contributed by atoms with Crippen LogP contribution in [-0.4, -0.2) is 42.9 Å². The molecular formula is C20H19F3N2O3. The van der Waals surface area contributed by atoms with E-state index in [1.807, 2.05) is 0 Å². The number of rotatable bonds is 7. The Bertz CT molecular complexity index is 889. The van der Waals surface area contributed by atoms with Crippen LogP contribution in [0.3, 0.4) is 0 Å². The largest absolute Gasteiger partial charge is 0.390 e. The highest BCUT2D eigenvalue weighted by Gasteiger charge is 2.28. The van der Waals surface area contributed by atoms with Crippen LogP contribution >= 0.6 is 0 Å². The van der Waals surface area contributed by atoms with Crippen molar-refractivity contribution in [2.24, 2.45) is 5.16 Å². The molecule has 0 saturated carbocycles. The van der Waals surface area contributed by atoms with E-state index in [2.05, 4.69) is 5.16 Å². The van der Waals surface area contributed by atoms with Gasteiger partial charge in [0.25, 0.3) is 0 Å². The summed E-state index contributed by atoms with van der Waals surface area (Å²) in [4.78, 5) is 19.1. The summed E-state index contributed by atoms with van der Waals surface area (Å²) in [6, 6.07) is 9.38. The third kappa shape index (κ3) is 4.69. The normalized spacial score (nSPS) is 15.9. The topological polar surface area (TPSA) is 51.1 Å². The second-order valence-corrected chi connectivity index (χ2v) is 6.39. The summed E-state index contributed by atoms with van der Waals surface area (Å²) in [5.41, 5.74) is 0.943. The van der Waals surface area contributed by atoms with E-state index in [0.717, 1.165) is 12.1 Å². The van der Waals surface area contributed by atoms with Crippen molar-refractivity contribution in [3.63, 3.8) is 0 Å². The van der Waals surface area contributed by atoms with Crippen molar-refractivity contribution in [3.05, 3.63) is 71.0 Å². The fraction of sp³-hybridized carbons (Fsp3) is 0.300. The van der Waals surface area contributed by atoms with E-state index in [4.69, 9.17) is 9.57 Å². The fourth-order valence-electron chi connectivity index (χ4n) is 2.95. The number of amides is 1. The monoisotopic (exact) mass is 392 g/mol. The van der Waals surface area contributed by atoms with E-state index >= 15 is 0 Å². The molecule has 0 aromatic heterocycles. The smallest absolute Gasteiger partial charge is 0.248 e. The first-order chi connectivity index (χ1) is 13.5. The number of oxime groups is 1. The van der Waals surface area contributed by atoms with Crippen LogP contribution in [0.15, 0.2) is 47.6 Å². The summed E-state index contributed by atoms with van der Waals surface area (Å²) in [6.07, 6.45) is -0.220. The van der Waals surface area contributed by atoms with Crippen LogP contribution in [0.2, 0.25) is 0 Å². The van der Waals surface area contributed by atoms with Crippen molar-refractivity contribution in [1.29, 1.82) is 0 Å². The summed E-state index contributed by atoms with van der Waals surface area (Å²) in [6.45, 7) is -0.180. The Kier molecular flexibility index (Phi) is 6.30. The van der Waals surface area contributed by atoms with Crippen molar-refractivity contribution in [3.8, 4) is 0 Å². The maximum atomic E-state index is 14.0. The molecule has 5 nitrogen and oxygen atoms in total. The molecule has 0 saturated heterocycles. The number of ether oxygens (including phenoxy) is 1. The molecule has 0 unspecified atom stereocenters. The molecule has 1 amide bonds. The van der Waals surface area contributed by atoms with Gasteiger partial charge in [-0.2, -0.15) is 0 Å². The van der Waals surface area contributed by atoms with E-state index in [-0.39, 0.29) is 31.2 Å². The summed E-state index contributed by atoms with van der Waals surface area (Å²) in [7, 11) is 1.38. The average molecular weight is 392 g/mol. The second kappa shape index (κ2) is 8.88. The Balaban J connectivity index is 1.70. The molecule has 0 spiro atoms. The molecule has 2 aromatic rings.